The van der Waals surface area contributed by atoms with Crippen LogP contribution in [0.2, 0.25) is 0 Å². The van der Waals surface area contributed by atoms with Crippen molar-refractivity contribution in [3.63, 3.8) is 0 Å². The highest BCUT2D eigenvalue weighted by molar-refractivity contribution is 5.23. The van der Waals surface area contributed by atoms with E-state index in [1.807, 2.05) is 0 Å². The first-order chi connectivity index (χ1) is 7.12. The van der Waals surface area contributed by atoms with Gasteiger partial charge in [0.05, 0.1) is 0 Å². The van der Waals surface area contributed by atoms with Gasteiger partial charge in [-0.1, -0.05) is 12.1 Å². The SMILES string of the molecule is Fc1ccc(C(C(F)(F)F)C(F)(F)F)cc1. The smallest absolute Gasteiger partial charge is 0.207 e. The fraction of sp³-hybridized carbons (Fsp3) is 0.333. The molecule has 0 aliphatic heterocycles. The molecule has 0 saturated carbocycles. The van der Waals surface area contributed by atoms with Crippen molar-refractivity contribution in [3.8, 4) is 0 Å². The Morgan fingerprint density at radius 1 is 0.750 bits per heavy atom. The molecule has 0 aromatic heterocycles. The van der Waals surface area contributed by atoms with E-state index < -0.39 is 29.7 Å². The second-order valence-corrected chi connectivity index (χ2v) is 3.07. The van der Waals surface area contributed by atoms with Crippen molar-refractivity contribution >= 4 is 0 Å². The van der Waals surface area contributed by atoms with E-state index in [2.05, 4.69) is 0 Å². The average molecular weight is 246 g/mol. The van der Waals surface area contributed by atoms with Gasteiger partial charge in [0, 0.05) is 0 Å². The van der Waals surface area contributed by atoms with E-state index in [1.165, 1.54) is 0 Å². The summed E-state index contributed by atoms with van der Waals surface area (Å²) in [4.78, 5) is 0. The maximum Gasteiger partial charge on any atom is 0.404 e. The minimum atomic E-state index is -5.45. The number of rotatable bonds is 1. The van der Waals surface area contributed by atoms with Gasteiger partial charge >= 0.3 is 12.4 Å². The van der Waals surface area contributed by atoms with Crippen LogP contribution in [0, 0.1) is 5.82 Å². The van der Waals surface area contributed by atoms with Gasteiger partial charge in [0.15, 0.2) is 5.92 Å². The molecule has 7 heteroatoms. The van der Waals surface area contributed by atoms with Crippen molar-refractivity contribution in [2.45, 2.75) is 18.3 Å². The maximum absolute atomic E-state index is 12.4. The van der Waals surface area contributed by atoms with Crippen LogP contribution in [0.15, 0.2) is 24.3 Å². The molecule has 0 amide bonds. The topological polar surface area (TPSA) is 0 Å². The first-order valence-corrected chi connectivity index (χ1v) is 4.01. The molecule has 0 nitrogen and oxygen atoms in total. The summed E-state index contributed by atoms with van der Waals surface area (Å²) in [6.45, 7) is 0. The van der Waals surface area contributed by atoms with Crippen LogP contribution in [-0.2, 0) is 0 Å². The monoisotopic (exact) mass is 246 g/mol. The number of halogens is 7. The molecule has 0 heterocycles. The molecule has 0 aliphatic rings. The van der Waals surface area contributed by atoms with Crippen LogP contribution in [0.3, 0.4) is 0 Å². The maximum atomic E-state index is 12.4. The zero-order valence-corrected chi connectivity index (χ0v) is 7.53. The molecule has 0 saturated heterocycles. The summed E-state index contributed by atoms with van der Waals surface area (Å²) in [7, 11) is 0. The number of hydrogen-bond donors (Lipinski definition) is 0. The molecule has 16 heavy (non-hydrogen) atoms. The van der Waals surface area contributed by atoms with Gasteiger partial charge in [0.1, 0.15) is 5.82 Å². The van der Waals surface area contributed by atoms with Gasteiger partial charge in [-0.2, -0.15) is 26.3 Å². The van der Waals surface area contributed by atoms with Crippen LogP contribution >= 0.6 is 0 Å². The molecule has 0 unspecified atom stereocenters. The van der Waals surface area contributed by atoms with Gasteiger partial charge in [-0.25, -0.2) is 4.39 Å². The molecule has 1 aromatic rings. The average Bonchev–Trinajstić information content (AvgIpc) is 2.03. The van der Waals surface area contributed by atoms with E-state index >= 15 is 0 Å². The van der Waals surface area contributed by atoms with Gasteiger partial charge in [0.25, 0.3) is 0 Å². The van der Waals surface area contributed by atoms with Crippen LogP contribution in [0.4, 0.5) is 30.7 Å². The Bertz CT molecular complexity index is 332. The molecule has 0 radical (unpaired) electrons. The third kappa shape index (κ3) is 2.86. The van der Waals surface area contributed by atoms with Gasteiger partial charge in [-0.05, 0) is 17.7 Å². The van der Waals surface area contributed by atoms with E-state index in [4.69, 9.17) is 0 Å². The summed E-state index contributed by atoms with van der Waals surface area (Å²) in [5.74, 6) is -4.48. The third-order valence-electron chi connectivity index (χ3n) is 1.86. The Kier molecular flexibility index (Phi) is 3.16. The fourth-order valence-electron chi connectivity index (χ4n) is 1.22. The molecular formula is C9H5F7. The molecular weight excluding hydrogens is 241 g/mol. The second kappa shape index (κ2) is 3.95. The Balaban J connectivity index is 3.18. The van der Waals surface area contributed by atoms with Crippen molar-refractivity contribution in [1.29, 1.82) is 0 Å². The van der Waals surface area contributed by atoms with E-state index in [1.54, 1.807) is 0 Å². The summed E-state index contributed by atoms with van der Waals surface area (Å²) in [5.41, 5.74) is -1.03. The van der Waals surface area contributed by atoms with Crippen molar-refractivity contribution in [3.05, 3.63) is 35.6 Å². The molecule has 1 aromatic carbocycles. The van der Waals surface area contributed by atoms with Crippen LogP contribution < -0.4 is 0 Å². The highest BCUT2D eigenvalue weighted by Crippen LogP contribution is 2.46. The van der Waals surface area contributed by atoms with Gasteiger partial charge < -0.3 is 0 Å². The Labute approximate surface area is 85.7 Å². The first kappa shape index (κ1) is 12.8. The zero-order chi connectivity index (χ0) is 12.6. The molecule has 0 N–H and O–H groups in total. The van der Waals surface area contributed by atoms with Crippen LogP contribution in [0.5, 0.6) is 0 Å². The number of hydrogen-bond acceptors (Lipinski definition) is 0. The Morgan fingerprint density at radius 2 is 1.12 bits per heavy atom. The molecule has 90 valence electrons. The van der Waals surface area contributed by atoms with Crippen molar-refractivity contribution in [1.82, 2.24) is 0 Å². The zero-order valence-electron chi connectivity index (χ0n) is 7.53. The van der Waals surface area contributed by atoms with Crippen LogP contribution in [0.25, 0.3) is 0 Å². The molecule has 0 aliphatic carbocycles. The van der Waals surface area contributed by atoms with E-state index in [-0.39, 0.29) is 0 Å². The van der Waals surface area contributed by atoms with Crippen LogP contribution in [0.1, 0.15) is 11.5 Å². The molecule has 1 rings (SSSR count). The molecule has 0 fully saturated rings. The summed E-state index contributed by atoms with van der Waals surface area (Å²) < 4.78 is 85.5. The van der Waals surface area contributed by atoms with Crippen molar-refractivity contribution in [2.75, 3.05) is 0 Å². The number of benzene rings is 1. The van der Waals surface area contributed by atoms with Gasteiger partial charge in [0.2, 0.25) is 0 Å². The summed E-state index contributed by atoms with van der Waals surface area (Å²) >= 11 is 0. The first-order valence-electron chi connectivity index (χ1n) is 4.01. The van der Waals surface area contributed by atoms with E-state index in [0.717, 1.165) is 0 Å². The van der Waals surface area contributed by atoms with Gasteiger partial charge in [-0.15, -0.1) is 0 Å². The lowest BCUT2D eigenvalue weighted by atomic mass is 9.98. The molecule has 0 bridgehead atoms. The van der Waals surface area contributed by atoms with Crippen molar-refractivity contribution in [2.24, 2.45) is 0 Å². The predicted octanol–water partition coefficient (Wildman–Crippen LogP) is 4.03. The third-order valence-corrected chi connectivity index (χ3v) is 1.86. The summed E-state index contributed by atoms with van der Waals surface area (Å²) in [6, 6.07) is 2.06. The fourth-order valence-corrected chi connectivity index (χ4v) is 1.22. The molecule has 0 spiro atoms. The predicted molar refractivity (Wildman–Crippen MR) is 41.3 cm³/mol. The second-order valence-electron chi connectivity index (χ2n) is 3.07. The van der Waals surface area contributed by atoms with Crippen molar-refractivity contribution < 1.29 is 30.7 Å². The highest BCUT2D eigenvalue weighted by atomic mass is 19.4. The van der Waals surface area contributed by atoms with E-state index in [0.29, 0.717) is 24.3 Å². The lowest BCUT2D eigenvalue weighted by Crippen LogP contribution is -2.34. The lowest BCUT2D eigenvalue weighted by Gasteiger charge is -2.23. The Morgan fingerprint density at radius 3 is 1.44 bits per heavy atom. The van der Waals surface area contributed by atoms with Crippen LogP contribution in [-0.4, -0.2) is 12.4 Å². The quantitative estimate of drug-likeness (QED) is 0.656. The van der Waals surface area contributed by atoms with E-state index in [9.17, 15) is 30.7 Å². The molecule has 0 atom stereocenters. The lowest BCUT2D eigenvalue weighted by molar-refractivity contribution is -0.253. The largest absolute Gasteiger partial charge is 0.404 e. The highest BCUT2D eigenvalue weighted by Gasteiger charge is 2.57. The van der Waals surface area contributed by atoms with Gasteiger partial charge in [-0.3, -0.25) is 0 Å². The normalized spacial score (nSPS) is 13.2. The minimum Gasteiger partial charge on any atom is -0.207 e. The Hall–Kier alpha value is -1.27. The summed E-state index contributed by atoms with van der Waals surface area (Å²) in [5, 5.41) is 0. The summed E-state index contributed by atoms with van der Waals surface area (Å²) in [6.07, 6.45) is -10.9. The minimum absolute atomic E-state index is 0.473. The number of alkyl halides is 6. The standard InChI is InChI=1S/C9H5F7/c10-6-3-1-5(2-4-6)7(8(11,12)13)9(14,15)16/h1-4,7H.